The molecule has 0 radical (unpaired) electrons. The molecule has 0 spiro atoms. The molecule has 7 nitrogen and oxygen atoms in total. The van der Waals surface area contributed by atoms with Gasteiger partial charge in [-0.15, -0.1) is 0 Å². The highest BCUT2D eigenvalue weighted by atomic mass is 16.5. The van der Waals surface area contributed by atoms with E-state index < -0.39 is 0 Å². The maximum Gasteiger partial charge on any atom is 0.261 e. The number of amides is 1. The van der Waals surface area contributed by atoms with Crippen LogP contribution in [-0.4, -0.2) is 21.0 Å². The van der Waals surface area contributed by atoms with Gasteiger partial charge in [0.05, 0.1) is 5.69 Å². The highest BCUT2D eigenvalue weighted by Crippen LogP contribution is 2.24. The number of nitrogens with zero attached hydrogens (tertiary/aromatic N) is 2. The molecule has 0 unspecified atom stereocenters. The number of anilines is 1. The fourth-order valence-corrected chi connectivity index (χ4v) is 2.71. The van der Waals surface area contributed by atoms with Crippen molar-refractivity contribution < 1.29 is 9.32 Å². The fraction of sp³-hybridized carbons (Fsp3) is 0.263. The zero-order valence-corrected chi connectivity index (χ0v) is 15.1. The van der Waals surface area contributed by atoms with E-state index in [-0.39, 0.29) is 17.4 Å². The lowest BCUT2D eigenvalue weighted by Gasteiger charge is -2.09. The molecule has 2 heterocycles. The number of rotatable bonds is 4. The Labute approximate surface area is 150 Å². The molecule has 0 aliphatic heterocycles. The smallest absolute Gasteiger partial charge is 0.261 e. The Morgan fingerprint density at radius 3 is 2.69 bits per heavy atom. The van der Waals surface area contributed by atoms with Crippen molar-refractivity contribution in [2.24, 2.45) is 0 Å². The first-order valence-corrected chi connectivity index (χ1v) is 8.31. The summed E-state index contributed by atoms with van der Waals surface area (Å²) in [5.74, 6) is 0.774. The van der Waals surface area contributed by atoms with E-state index in [1.807, 2.05) is 19.9 Å². The predicted octanol–water partition coefficient (Wildman–Crippen LogP) is 3.42. The molecule has 2 aromatic heterocycles. The van der Waals surface area contributed by atoms with Crippen molar-refractivity contribution in [2.75, 3.05) is 5.32 Å². The Morgan fingerprint density at radius 1 is 1.23 bits per heavy atom. The second kappa shape index (κ2) is 6.95. The Morgan fingerprint density at radius 2 is 2.00 bits per heavy atom. The third-order valence-electron chi connectivity index (χ3n) is 3.90. The first kappa shape index (κ1) is 17.6. The first-order chi connectivity index (χ1) is 12.3. The lowest BCUT2D eigenvalue weighted by atomic mass is 10.0. The Kier molecular flexibility index (Phi) is 4.71. The average molecular weight is 352 g/mol. The molecule has 0 bridgehead atoms. The summed E-state index contributed by atoms with van der Waals surface area (Å²) in [5.41, 5.74) is 2.70. The van der Waals surface area contributed by atoms with Gasteiger partial charge in [0.25, 0.3) is 11.5 Å². The summed E-state index contributed by atoms with van der Waals surface area (Å²) in [6.07, 6.45) is 0. The van der Waals surface area contributed by atoms with Crippen LogP contribution in [0.2, 0.25) is 0 Å². The van der Waals surface area contributed by atoms with Crippen LogP contribution in [0.15, 0.2) is 39.6 Å². The second-order valence-electron chi connectivity index (χ2n) is 6.43. The van der Waals surface area contributed by atoms with Crippen LogP contribution in [0.25, 0.3) is 11.4 Å². The number of hydrogen-bond acceptors (Lipinski definition) is 5. The molecule has 0 fully saturated rings. The van der Waals surface area contributed by atoms with Gasteiger partial charge >= 0.3 is 0 Å². The van der Waals surface area contributed by atoms with Crippen molar-refractivity contribution in [3.05, 3.63) is 63.4 Å². The summed E-state index contributed by atoms with van der Waals surface area (Å²) in [4.78, 5) is 31.4. The highest BCUT2D eigenvalue weighted by Gasteiger charge is 2.22. The van der Waals surface area contributed by atoms with Crippen molar-refractivity contribution in [1.29, 1.82) is 0 Å². The summed E-state index contributed by atoms with van der Waals surface area (Å²) in [6.45, 7) is 7.38. The summed E-state index contributed by atoms with van der Waals surface area (Å²) in [5, 5.41) is 6.76. The van der Waals surface area contributed by atoms with Crippen molar-refractivity contribution >= 4 is 11.6 Å². The first-order valence-electron chi connectivity index (χ1n) is 8.31. The lowest BCUT2D eigenvalue weighted by Crippen LogP contribution is -2.15. The predicted molar refractivity (Wildman–Crippen MR) is 98.3 cm³/mol. The number of aryl methyl sites for hydroxylation is 2. The third kappa shape index (κ3) is 3.56. The topological polar surface area (TPSA) is 101 Å². The number of nitrogens with one attached hydrogen (secondary N) is 2. The van der Waals surface area contributed by atoms with Crippen LogP contribution in [0.4, 0.5) is 5.69 Å². The summed E-state index contributed by atoms with van der Waals surface area (Å²) >= 11 is 0. The van der Waals surface area contributed by atoms with Crippen LogP contribution >= 0.6 is 0 Å². The molecule has 0 atom stereocenters. The van der Waals surface area contributed by atoms with Crippen LogP contribution in [0.5, 0.6) is 0 Å². The Hall–Kier alpha value is -3.22. The Bertz CT molecular complexity index is 1020. The van der Waals surface area contributed by atoms with Gasteiger partial charge < -0.3 is 14.8 Å². The zero-order valence-electron chi connectivity index (χ0n) is 15.1. The number of hydrogen-bond donors (Lipinski definition) is 2. The SMILES string of the molecule is Cc1cc(=O)[nH]c(-c2cccc(NC(=O)c3c(C)noc3C(C)C)c2)n1. The van der Waals surface area contributed by atoms with Crippen LogP contribution in [0.1, 0.15) is 47.3 Å². The zero-order chi connectivity index (χ0) is 18.8. The van der Waals surface area contributed by atoms with Gasteiger partial charge in [0.1, 0.15) is 11.4 Å². The maximum atomic E-state index is 12.7. The molecule has 1 aromatic carbocycles. The summed E-state index contributed by atoms with van der Waals surface area (Å²) < 4.78 is 5.27. The fourth-order valence-electron chi connectivity index (χ4n) is 2.71. The van der Waals surface area contributed by atoms with Gasteiger partial charge in [-0.3, -0.25) is 9.59 Å². The van der Waals surface area contributed by atoms with E-state index in [4.69, 9.17) is 4.52 Å². The van der Waals surface area contributed by atoms with Crippen LogP contribution in [-0.2, 0) is 0 Å². The lowest BCUT2D eigenvalue weighted by molar-refractivity contribution is 0.102. The molecular weight excluding hydrogens is 332 g/mol. The summed E-state index contributed by atoms with van der Waals surface area (Å²) in [6, 6.07) is 8.56. The standard InChI is InChI=1S/C19H20N4O3/c1-10(2)17-16(12(4)23-26-17)19(25)21-14-7-5-6-13(9-14)18-20-11(3)8-15(24)22-18/h5-10H,1-4H3,(H,21,25)(H,20,22,24). The minimum atomic E-state index is -0.282. The molecule has 1 amide bonds. The molecule has 0 saturated carbocycles. The number of benzene rings is 1. The van der Waals surface area contributed by atoms with Gasteiger partial charge in [0.15, 0.2) is 5.76 Å². The highest BCUT2D eigenvalue weighted by molar-refractivity contribution is 6.06. The average Bonchev–Trinajstić information content (AvgIpc) is 2.96. The Balaban J connectivity index is 1.91. The third-order valence-corrected chi connectivity index (χ3v) is 3.90. The van der Waals surface area contributed by atoms with Gasteiger partial charge in [-0.2, -0.15) is 0 Å². The quantitative estimate of drug-likeness (QED) is 0.749. The van der Waals surface area contributed by atoms with Crippen LogP contribution in [0, 0.1) is 13.8 Å². The number of H-pyrrole nitrogens is 1. The molecule has 26 heavy (non-hydrogen) atoms. The van der Waals surface area contributed by atoms with E-state index in [2.05, 4.69) is 20.4 Å². The number of aromatic amines is 1. The normalized spacial score (nSPS) is 11.0. The second-order valence-corrected chi connectivity index (χ2v) is 6.43. The van der Waals surface area contributed by atoms with E-state index in [0.29, 0.717) is 39.8 Å². The van der Waals surface area contributed by atoms with E-state index >= 15 is 0 Å². The van der Waals surface area contributed by atoms with Crippen LogP contribution < -0.4 is 10.9 Å². The molecule has 7 heteroatoms. The minimum absolute atomic E-state index is 0.0462. The van der Waals surface area contributed by atoms with Gasteiger partial charge in [-0.1, -0.05) is 31.1 Å². The summed E-state index contributed by atoms with van der Waals surface area (Å²) in [7, 11) is 0. The van der Waals surface area contributed by atoms with Crippen molar-refractivity contribution in [2.45, 2.75) is 33.6 Å². The molecule has 3 aromatic rings. The maximum absolute atomic E-state index is 12.7. The molecule has 3 rings (SSSR count). The largest absolute Gasteiger partial charge is 0.360 e. The monoisotopic (exact) mass is 352 g/mol. The number of carbonyl (C=O) groups excluding carboxylic acids is 1. The van der Waals surface area contributed by atoms with Crippen molar-refractivity contribution in [3.63, 3.8) is 0 Å². The molecule has 0 saturated heterocycles. The van der Waals surface area contributed by atoms with Crippen LogP contribution in [0.3, 0.4) is 0 Å². The van der Waals surface area contributed by atoms with E-state index in [9.17, 15) is 9.59 Å². The van der Waals surface area contributed by atoms with E-state index in [0.717, 1.165) is 0 Å². The molecule has 0 aliphatic carbocycles. The van der Waals surface area contributed by atoms with Gasteiger partial charge in [0.2, 0.25) is 0 Å². The number of carbonyl (C=O) groups is 1. The van der Waals surface area contributed by atoms with Crippen molar-refractivity contribution in [1.82, 2.24) is 15.1 Å². The van der Waals surface area contributed by atoms with Gasteiger partial charge in [-0.05, 0) is 26.0 Å². The minimum Gasteiger partial charge on any atom is -0.360 e. The van der Waals surface area contributed by atoms with Crippen molar-refractivity contribution in [3.8, 4) is 11.4 Å². The van der Waals surface area contributed by atoms with Gasteiger partial charge in [-0.25, -0.2) is 4.98 Å². The van der Waals surface area contributed by atoms with Gasteiger partial charge in [0, 0.05) is 28.9 Å². The van der Waals surface area contributed by atoms with E-state index in [1.165, 1.54) is 6.07 Å². The number of aromatic nitrogens is 3. The molecular formula is C19H20N4O3. The van der Waals surface area contributed by atoms with E-state index in [1.54, 1.807) is 32.0 Å². The molecule has 2 N–H and O–H groups in total. The molecule has 0 aliphatic rings. The molecule has 134 valence electrons.